The molecule has 0 bridgehead atoms. The monoisotopic (exact) mass is 478 g/mol. The maximum Gasteiger partial charge on any atom is 0.266 e. The molecule has 0 radical (unpaired) electrons. The summed E-state index contributed by atoms with van der Waals surface area (Å²) in [5.74, 6) is -0.758. The SMILES string of the molecule is CC(CO)(Nc1cc(-n2ccc(NCc3c(F)cccc3F)c(C=N)c2=O)c(C#N)cn1)C1CC1. The number of hydrogen-bond donors (Lipinski definition) is 4. The predicted octanol–water partition coefficient (Wildman–Crippen LogP) is 3.57. The van der Waals surface area contributed by atoms with E-state index in [1.165, 1.54) is 29.1 Å². The van der Waals surface area contributed by atoms with Crippen molar-refractivity contribution in [3.8, 4) is 11.8 Å². The summed E-state index contributed by atoms with van der Waals surface area (Å²) in [6, 6.07) is 8.60. The summed E-state index contributed by atoms with van der Waals surface area (Å²) in [5, 5.41) is 33.3. The quantitative estimate of drug-likeness (QED) is 0.348. The molecule has 4 N–H and O–H groups in total. The van der Waals surface area contributed by atoms with Crippen LogP contribution < -0.4 is 16.2 Å². The lowest BCUT2D eigenvalue weighted by molar-refractivity contribution is 0.205. The number of aliphatic hydroxyl groups is 1. The molecular formula is C25H24F2N6O2. The zero-order valence-corrected chi connectivity index (χ0v) is 19.0. The molecule has 0 amide bonds. The Hall–Kier alpha value is -4.10. The van der Waals surface area contributed by atoms with Crippen LogP contribution in [0.2, 0.25) is 0 Å². The normalized spacial score (nSPS) is 14.6. The number of benzene rings is 1. The number of pyridine rings is 2. The van der Waals surface area contributed by atoms with Gasteiger partial charge in [0.1, 0.15) is 23.5 Å². The molecule has 3 aromatic rings. The van der Waals surface area contributed by atoms with Crippen LogP contribution in [0.1, 0.15) is 36.5 Å². The first-order valence-corrected chi connectivity index (χ1v) is 11.0. The fourth-order valence-electron chi connectivity index (χ4n) is 4.00. The molecule has 2 aromatic heterocycles. The highest BCUT2D eigenvalue weighted by Gasteiger charge is 2.41. The van der Waals surface area contributed by atoms with Crippen molar-refractivity contribution < 1.29 is 13.9 Å². The molecule has 1 aliphatic carbocycles. The molecule has 180 valence electrons. The topological polar surface area (TPSA) is 127 Å². The minimum Gasteiger partial charge on any atom is -0.394 e. The maximum absolute atomic E-state index is 14.0. The smallest absolute Gasteiger partial charge is 0.266 e. The standard InChI is InChI=1S/C25H24F2N6O2/c1-25(14-34,16-5-6-16)32-23-9-22(15(10-28)12-31-23)33-8-7-21(17(11-29)24(33)35)30-13-18-19(26)3-2-4-20(18)27/h2-4,7-9,11-12,16,29-30,34H,5-6,13-14H2,1H3,(H,31,32). The second-order valence-electron chi connectivity index (χ2n) is 8.69. The molecule has 1 atom stereocenters. The highest BCUT2D eigenvalue weighted by Crippen LogP contribution is 2.41. The lowest BCUT2D eigenvalue weighted by atomic mass is 9.97. The van der Waals surface area contributed by atoms with Gasteiger partial charge in [-0.3, -0.25) is 9.36 Å². The predicted molar refractivity (Wildman–Crippen MR) is 128 cm³/mol. The Labute approximate surface area is 200 Å². The Morgan fingerprint density at radius 1 is 1.34 bits per heavy atom. The van der Waals surface area contributed by atoms with Crippen LogP contribution in [0.3, 0.4) is 0 Å². The van der Waals surface area contributed by atoms with Gasteiger partial charge in [0.15, 0.2) is 0 Å². The number of rotatable bonds is 9. The van der Waals surface area contributed by atoms with Crippen molar-refractivity contribution in [2.45, 2.75) is 31.8 Å². The van der Waals surface area contributed by atoms with Gasteiger partial charge in [0.05, 0.1) is 34.6 Å². The average molecular weight is 479 g/mol. The van der Waals surface area contributed by atoms with Crippen molar-refractivity contribution >= 4 is 17.7 Å². The van der Waals surface area contributed by atoms with E-state index < -0.39 is 22.7 Å². The van der Waals surface area contributed by atoms with E-state index in [0.29, 0.717) is 11.7 Å². The minimum atomic E-state index is -0.723. The lowest BCUT2D eigenvalue weighted by Crippen LogP contribution is -2.41. The number of hydrogen-bond acceptors (Lipinski definition) is 7. The summed E-state index contributed by atoms with van der Waals surface area (Å²) in [7, 11) is 0. The van der Waals surface area contributed by atoms with Crippen molar-refractivity contribution in [1.82, 2.24) is 9.55 Å². The highest BCUT2D eigenvalue weighted by molar-refractivity contribution is 5.85. The third-order valence-electron chi connectivity index (χ3n) is 6.27. The van der Waals surface area contributed by atoms with Crippen molar-refractivity contribution in [2.75, 3.05) is 17.2 Å². The Bertz CT molecular complexity index is 1360. The molecule has 10 heteroatoms. The van der Waals surface area contributed by atoms with E-state index in [1.54, 1.807) is 6.07 Å². The van der Waals surface area contributed by atoms with Gasteiger partial charge in [-0.1, -0.05) is 6.07 Å². The van der Waals surface area contributed by atoms with Crippen LogP contribution in [-0.4, -0.2) is 33.0 Å². The van der Waals surface area contributed by atoms with Gasteiger partial charge in [-0.25, -0.2) is 13.8 Å². The molecule has 4 rings (SSSR count). The zero-order valence-electron chi connectivity index (χ0n) is 19.0. The largest absolute Gasteiger partial charge is 0.394 e. The zero-order chi connectivity index (χ0) is 25.2. The molecule has 1 aromatic carbocycles. The summed E-state index contributed by atoms with van der Waals surface area (Å²) < 4.78 is 29.2. The molecule has 1 fully saturated rings. The van der Waals surface area contributed by atoms with Gasteiger partial charge >= 0.3 is 0 Å². The van der Waals surface area contributed by atoms with Gasteiger partial charge in [-0.2, -0.15) is 5.26 Å². The van der Waals surface area contributed by atoms with Crippen LogP contribution in [0.5, 0.6) is 0 Å². The first-order chi connectivity index (χ1) is 16.8. The number of halogens is 2. The average Bonchev–Trinajstić information content (AvgIpc) is 3.70. The van der Waals surface area contributed by atoms with Gasteiger partial charge < -0.3 is 21.1 Å². The van der Waals surface area contributed by atoms with E-state index in [-0.39, 0.29) is 41.2 Å². The molecule has 0 saturated heterocycles. The van der Waals surface area contributed by atoms with Crippen molar-refractivity contribution in [1.29, 1.82) is 10.7 Å². The number of nitriles is 1. The Morgan fingerprint density at radius 2 is 2.06 bits per heavy atom. The molecule has 35 heavy (non-hydrogen) atoms. The van der Waals surface area contributed by atoms with Gasteiger partial charge in [0.2, 0.25) is 0 Å². The second-order valence-corrected chi connectivity index (χ2v) is 8.69. The van der Waals surface area contributed by atoms with E-state index in [1.807, 2.05) is 13.0 Å². The van der Waals surface area contributed by atoms with Crippen LogP contribution in [0.25, 0.3) is 5.69 Å². The Morgan fingerprint density at radius 3 is 2.66 bits per heavy atom. The molecule has 1 saturated carbocycles. The van der Waals surface area contributed by atoms with Crippen LogP contribution in [0, 0.1) is 34.3 Å². The second kappa shape index (κ2) is 9.64. The highest BCUT2D eigenvalue weighted by atomic mass is 19.1. The number of nitrogens with one attached hydrogen (secondary N) is 3. The summed E-state index contributed by atoms with van der Waals surface area (Å²) >= 11 is 0. The third-order valence-corrected chi connectivity index (χ3v) is 6.27. The number of anilines is 2. The molecule has 0 aliphatic heterocycles. The molecule has 1 unspecified atom stereocenters. The van der Waals surface area contributed by atoms with E-state index in [2.05, 4.69) is 15.6 Å². The summed E-state index contributed by atoms with van der Waals surface area (Å²) in [5.41, 5.74) is -0.805. The summed E-state index contributed by atoms with van der Waals surface area (Å²) in [6.07, 6.45) is 5.58. The van der Waals surface area contributed by atoms with E-state index in [9.17, 15) is 23.9 Å². The molecule has 8 nitrogen and oxygen atoms in total. The van der Waals surface area contributed by atoms with Crippen LogP contribution in [-0.2, 0) is 6.54 Å². The van der Waals surface area contributed by atoms with E-state index in [0.717, 1.165) is 31.2 Å². The van der Waals surface area contributed by atoms with Gasteiger partial charge in [-0.05, 0) is 43.9 Å². The van der Waals surface area contributed by atoms with Crippen LogP contribution >= 0.6 is 0 Å². The minimum absolute atomic E-state index is 0.0439. The number of aromatic nitrogens is 2. The fraction of sp³-hybridized carbons (Fsp3) is 0.280. The summed E-state index contributed by atoms with van der Waals surface area (Å²) in [6.45, 7) is 1.56. The van der Waals surface area contributed by atoms with Crippen LogP contribution in [0.15, 0.2) is 47.5 Å². The fourth-order valence-corrected chi connectivity index (χ4v) is 4.00. The number of aliphatic hydroxyl groups excluding tert-OH is 1. The molecular weight excluding hydrogens is 454 g/mol. The first kappa shape index (κ1) is 24.0. The van der Waals surface area contributed by atoms with Gasteiger partial charge in [0.25, 0.3) is 5.56 Å². The van der Waals surface area contributed by atoms with E-state index >= 15 is 0 Å². The first-order valence-electron chi connectivity index (χ1n) is 11.0. The van der Waals surface area contributed by atoms with Crippen LogP contribution in [0.4, 0.5) is 20.3 Å². The third kappa shape index (κ3) is 4.76. The van der Waals surface area contributed by atoms with Gasteiger partial charge in [0, 0.05) is 36.8 Å². The lowest BCUT2D eigenvalue weighted by Gasteiger charge is -2.29. The van der Waals surface area contributed by atoms with Gasteiger partial charge in [-0.15, -0.1) is 0 Å². The van der Waals surface area contributed by atoms with Crippen molar-refractivity contribution in [2.24, 2.45) is 5.92 Å². The van der Waals surface area contributed by atoms with Crippen molar-refractivity contribution in [3.63, 3.8) is 0 Å². The Balaban J connectivity index is 1.69. The van der Waals surface area contributed by atoms with Crippen molar-refractivity contribution in [3.05, 3.63) is 81.4 Å². The molecule has 1 aliphatic rings. The number of nitrogens with zero attached hydrogens (tertiary/aromatic N) is 3. The maximum atomic E-state index is 14.0. The Kier molecular flexibility index (Phi) is 6.62. The summed E-state index contributed by atoms with van der Waals surface area (Å²) in [4.78, 5) is 17.5. The molecule has 2 heterocycles. The van der Waals surface area contributed by atoms with E-state index in [4.69, 9.17) is 5.41 Å². The molecule has 0 spiro atoms.